The summed E-state index contributed by atoms with van der Waals surface area (Å²) >= 11 is 1.72. The molecule has 1 unspecified atom stereocenters. The van der Waals surface area contributed by atoms with E-state index >= 15 is 0 Å². The van der Waals surface area contributed by atoms with Crippen molar-refractivity contribution in [1.29, 1.82) is 0 Å². The fraction of sp³-hybridized carbons (Fsp3) is 0.636. The molecule has 0 saturated heterocycles. The third-order valence-corrected chi connectivity index (χ3v) is 2.92. The summed E-state index contributed by atoms with van der Waals surface area (Å²) < 4.78 is 0. The van der Waals surface area contributed by atoms with Crippen LogP contribution in [0.2, 0.25) is 0 Å². The molecule has 0 aliphatic rings. The van der Waals surface area contributed by atoms with Gasteiger partial charge in [0.1, 0.15) is 6.54 Å². The molecule has 0 aromatic heterocycles. The number of carbonyl (C=O) groups is 2. The minimum Gasteiger partial charge on any atom is -0.480 e. The largest absolute Gasteiger partial charge is 0.480 e. The fourth-order valence-corrected chi connectivity index (χ4v) is 1.94. The number of amides is 2. The van der Waals surface area contributed by atoms with Crippen LogP contribution in [0.25, 0.3) is 0 Å². The van der Waals surface area contributed by atoms with Crippen LogP contribution < -0.4 is 5.32 Å². The monoisotopic (exact) mass is 260 g/mol. The molecule has 0 aromatic rings. The summed E-state index contributed by atoms with van der Waals surface area (Å²) in [6.07, 6.45) is 3.51. The lowest BCUT2D eigenvalue weighted by atomic mass is 10.2. The third kappa shape index (κ3) is 7.68. The molecule has 0 aromatic carbocycles. The maximum Gasteiger partial charge on any atom is 0.323 e. The molecular weight excluding hydrogens is 240 g/mol. The molecule has 2 amide bonds. The average molecular weight is 260 g/mol. The van der Waals surface area contributed by atoms with Gasteiger partial charge in [0.15, 0.2) is 0 Å². The van der Waals surface area contributed by atoms with E-state index in [1.165, 1.54) is 11.0 Å². The number of hydrogen-bond donors (Lipinski definition) is 2. The van der Waals surface area contributed by atoms with Gasteiger partial charge in [-0.25, -0.2) is 4.79 Å². The normalized spacial score (nSPS) is 11.6. The summed E-state index contributed by atoms with van der Waals surface area (Å²) in [5, 5.41) is 11.4. The number of thioether (sulfide) groups is 1. The van der Waals surface area contributed by atoms with Crippen molar-refractivity contribution in [3.63, 3.8) is 0 Å². The van der Waals surface area contributed by atoms with E-state index in [9.17, 15) is 9.59 Å². The van der Waals surface area contributed by atoms with Crippen LogP contribution in [0.1, 0.15) is 6.92 Å². The minimum atomic E-state index is -1.03. The second kappa shape index (κ2) is 8.92. The summed E-state index contributed by atoms with van der Waals surface area (Å²) in [6, 6.07) is -0.361. The Labute approximate surface area is 106 Å². The van der Waals surface area contributed by atoms with Gasteiger partial charge in [0.05, 0.1) is 0 Å². The van der Waals surface area contributed by atoms with Gasteiger partial charge in [-0.1, -0.05) is 13.0 Å². The van der Waals surface area contributed by atoms with E-state index in [1.807, 2.05) is 13.2 Å². The molecule has 0 aliphatic carbocycles. The Morgan fingerprint density at radius 2 is 2.24 bits per heavy atom. The Hall–Kier alpha value is -1.17. The molecule has 0 radical (unpaired) electrons. The topological polar surface area (TPSA) is 69.6 Å². The summed E-state index contributed by atoms with van der Waals surface area (Å²) in [5.41, 5.74) is 0. The standard InChI is InChI=1S/C11H20N2O3S/c1-4-5-13(7-10(14)15)11(16)12-6-9(2)8-17-3/h4,9H,1,5-8H2,2-3H3,(H,12,16)(H,14,15). The fourth-order valence-electron chi connectivity index (χ4n) is 1.26. The number of carboxylic acid groups (broad SMARTS) is 1. The smallest absolute Gasteiger partial charge is 0.323 e. The van der Waals surface area contributed by atoms with Crippen molar-refractivity contribution in [2.24, 2.45) is 5.92 Å². The lowest BCUT2D eigenvalue weighted by Crippen LogP contribution is -2.44. The van der Waals surface area contributed by atoms with Crippen LogP contribution in [-0.2, 0) is 4.79 Å². The SMILES string of the molecule is C=CCN(CC(=O)O)C(=O)NCC(C)CSC. The highest BCUT2D eigenvalue weighted by atomic mass is 32.2. The van der Waals surface area contributed by atoms with Gasteiger partial charge >= 0.3 is 12.0 Å². The molecule has 0 bridgehead atoms. The average Bonchev–Trinajstić information content (AvgIpc) is 2.25. The summed E-state index contributed by atoms with van der Waals surface area (Å²) in [5.74, 6) is 0.296. The number of rotatable bonds is 8. The minimum absolute atomic E-state index is 0.231. The molecule has 6 heteroatoms. The molecule has 98 valence electrons. The summed E-state index contributed by atoms with van der Waals surface area (Å²) in [4.78, 5) is 23.5. The highest BCUT2D eigenvalue weighted by Gasteiger charge is 2.15. The van der Waals surface area contributed by atoms with Gasteiger partial charge in [-0.3, -0.25) is 4.79 Å². The maximum absolute atomic E-state index is 11.7. The first-order valence-electron chi connectivity index (χ1n) is 5.35. The van der Waals surface area contributed by atoms with Gasteiger partial charge in [-0.15, -0.1) is 6.58 Å². The van der Waals surface area contributed by atoms with Crippen molar-refractivity contribution in [2.45, 2.75) is 6.92 Å². The van der Waals surface area contributed by atoms with Crippen molar-refractivity contribution in [2.75, 3.05) is 31.6 Å². The number of hydrogen-bond acceptors (Lipinski definition) is 3. The van der Waals surface area contributed by atoms with Gasteiger partial charge in [0.2, 0.25) is 0 Å². The highest BCUT2D eigenvalue weighted by Crippen LogP contribution is 2.03. The van der Waals surface area contributed by atoms with Crippen LogP contribution in [0, 0.1) is 5.92 Å². The van der Waals surface area contributed by atoms with E-state index in [1.54, 1.807) is 11.8 Å². The number of aliphatic carboxylic acids is 1. The van der Waals surface area contributed by atoms with Gasteiger partial charge in [-0.2, -0.15) is 11.8 Å². The maximum atomic E-state index is 11.7. The van der Waals surface area contributed by atoms with Crippen LogP contribution in [0.3, 0.4) is 0 Å². The lowest BCUT2D eigenvalue weighted by Gasteiger charge is -2.20. The number of nitrogens with one attached hydrogen (secondary N) is 1. The first-order valence-corrected chi connectivity index (χ1v) is 6.75. The Bertz CT molecular complexity index is 271. The highest BCUT2D eigenvalue weighted by molar-refractivity contribution is 7.98. The predicted molar refractivity (Wildman–Crippen MR) is 70.4 cm³/mol. The second-order valence-electron chi connectivity index (χ2n) is 3.81. The zero-order chi connectivity index (χ0) is 13.3. The zero-order valence-corrected chi connectivity index (χ0v) is 11.1. The van der Waals surface area contributed by atoms with Crippen molar-refractivity contribution in [1.82, 2.24) is 10.2 Å². The van der Waals surface area contributed by atoms with Crippen LogP contribution in [-0.4, -0.2) is 53.6 Å². The molecule has 1 atom stereocenters. The molecule has 0 aliphatic heterocycles. The molecule has 0 rings (SSSR count). The Balaban J connectivity index is 4.13. The van der Waals surface area contributed by atoms with Crippen molar-refractivity contribution in [3.8, 4) is 0 Å². The Morgan fingerprint density at radius 3 is 2.71 bits per heavy atom. The van der Waals surface area contributed by atoms with E-state index in [0.717, 1.165) is 5.75 Å². The number of urea groups is 1. The summed E-state index contributed by atoms with van der Waals surface area (Å²) in [7, 11) is 0. The van der Waals surface area contributed by atoms with E-state index in [0.29, 0.717) is 12.5 Å². The van der Waals surface area contributed by atoms with Gasteiger partial charge in [-0.05, 0) is 17.9 Å². The molecule has 0 saturated carbocycles. The molecule has 0 spiro atoms. The molecular formula is C11H20N2O3S. The molecule has 0 heterocycles. The molecule has 0 fully saturated rings. The van der Waals surface area contributed by atoms with Crippen molar-refractivity contribution in [3.05, 3.63) is 12.7 Å². The van der Waals surface area contributed by atoms with E-state index < -0.39 is 5.97 Å². The Morgan fingerprint density at radius 1 is 1.59 bits per heavy atom. The molecule has 17 heavy (non-hydrogen) atoms. The Kier molecular flexibility index (Phi) is 8.31. The number of nitrogens with zero attached hydrogens (tertiary/aromatic N) is 1. The zero-order valence-electron chi connectivity index (χ0n) is 10.3. The predicted octanol–water partition coefficient (Wildman–Crippen LogP) is 1.27. The third-order valence-electron chi connectivity index (χ3n) is 2.02. The van der Waals surface area contributed by atoms with E-state index in [2.05, 4.69) is 11.9 Å². The van der Waals surface area contributed by atoms with Gasteiger partial charge < -0.3 is 15.3 Å². The molecule has 2 N–H and O–H groups in total. The molecule has 5 nitrogen and oxygen atoms in total. The van der Waals surface area contributed by atoms with E-state index in [-0.39, 0.29) is 19.1 Å². The van der Waals surface area contributed by atoms with Crippen molar-refractivity contribution < 1.29 is 14.7 Å². The quantitative estimate of drug-likeness (QED) is 0.645. The number of carbonyl (C=O) groups excluding carboxylic acids is 1. The van der Waals surface area contributed by atoms with Crippen LogP contribution in [0.5, 0.6) is 0 Å². The second-order valence-corrected chi connectivity index (χ2v) is 4.72. The van der Waals surface area contributed by atoms with Crippen LogP contribution in [0.4, 0.5) is 4.79 Å². The van der Waals surface area contributed by atoms with Crippen LogP contribution in [0.15, 0.2) is 12.7 Å². The lowest BCUT2D eigenvalue weighted by molar-refractivity contribution is -0.137. The first-order chi connectivity index (χ1) is 8.01. The van der Waals surface area contributed by atoms with Gasteiger partial charge in [0, 0.05) is 13.1 Å². The first kappa shape index (κ1) is 15.8. The van der Waals surface area contributed by atoms with Crippen LogP contribution >= 0.6 is 11.8 Å². The van der Waals surface area contributed by atoms with Gasteiger partial charge in [0.25, 0.3) is 0 Å². The number of carboxylic acids is 1. The van der Waals surface area contributed by atoms with Crippen molar-refractivity contribution >= 4 is 23.8 Å². The summed E-state index contributed by atoms with van der Waals surface area (Å²) in [6.45, 7) is 6.00. The van der Waals surface area contributed by atoms with E-state index in [4.69, 9.17) is 5.11 Å².